The summed E-state index contributed by atoms with van der Waals surface area (Å²) in [6.45, 7) is 2.26. The third kappa shape index (κ3) is 4.98. The van der Waals surface area contributed by atoms with E-state index in [1.165, 1.54) is 23.3 Å². The van der Waals surface area contributed by atoms with Crippen molar-refractivity contribution in [1.29, 1.82) is 0 Å². The van der Waals surface area contributed by atoms with Gasteiger partial charge in [-0.05, 0) is 62.8 Å². The fourth-order valence-corrected chi connectivity index (χ4v) is 5.57. The Morgan fingerprint density at radius 1 is 1.26 bits per heavy atom. The van der Waals surface area contributed by atoms with E-state index in [9.17, 15) is 4.79 Å². The highest BCUT2D eigenvalue weighted by Crippen LogP contribution is 2.46. The molecular weight excluding hydrogens is 418 g/mol. The molecule has 8 nitrogen and oxygen atoms in total. The molecule has 0 spiro atoms. The Balaban J connectivity index is 0.000000535. The standard InChI is InChI=1S/C21H25N3O2S.CH2O3/c1-2-12-7-10-15-16(11-12)27-21(23-19(25)14-5-3-4-6-14)17(15)20-22-18(24-26-20)13-8-9-13;2-1(3)4/h5,12-13H,2-4,6-11H2,1H3,(H,23,25);(H2,2,3,4)/t12-;/m0./s1. The molecule has 3 N–H and O–H groups in total. The average molecular weight is 446 g/mol. The van der Waals surface area contributed by atoms with Crippen LogP contribution < -0.4 is 5.32 Å². The van der Waals surface area contributed by atoms with Crippen LogP contribution in [0.4, 0.5) is 9.80 Å². The van der Waals surface area contributed by atoms with Gasteiger partial charge in [-0.3, -0.25) is 4.79 Å². The first-order valence-corrected chi connectivity index (χ1v) is 11.7. The van der Waals surface area contributed by atoms with E-state index in [2.05, 4.69) is 23.5 Å². The van der Waals surface area contributed by atoms with Gasteiger partial charge in [0.05, 0.1) is 5.56 Å². The van der Waals surface area contributed by atoms with E-state index in [1.54, 1.807) is 11.3 Å². The zero-order chi connectivity index (χ0) is 22.0. The lowest BCUT2D eigenvalue weighted by Gasteiger charge is -2.20. The highest BCUT2D eigenvalue weighted by Gasteiger charge is 2.33. The van der Waals surface area contributed by atoms with Gasteiger partial charge in [-0.15, -0.1) is 11.3 Å². The van der Waals surface area contributed by atoms with Gasteiger partial charge in [-0.25, -0.2) is 4.79 Å². The van der Waals surface area contributed by atoms with Gasteiger partial charge in [0.15, 0.2) is 5.82 Å². The molecule has 3 aliphatic rings. The third-order valence-corrected chi connectivity index (χ3v) is 7.27. The summed E-state index contributed by atoms with van der Waals surface area (Å²) < 4.78 is 5.66. The van der Waals surface area contributed by atoms with E-state index in [1.807, 2.05) is 0 Å². The van der Waals surface area contributed by atoms with Gasteiger partial charge in [0.1, 0.15) is 5.00 Å². The molecule has 2 aromatic heterocycles. The summed E-state index contributed by atoms with van der Waals surface area (Å²) in [5.74, 6) is 2.63. The Hall–Kier alpha value is -2.68. The minimum Gasteiger partial charge on any atom is -0.450 e. The number of hydrogen-bond donors (Lipinski definition) is 3. The topological polar surface area (TPSA) is 126 Å². The van der Waals surface area contributed by atoms with Crippen molar-refractivity contribution in [3.05, 3.63) is 27.9 Å². The molecule has 2 aromatic rings. The van der Waals surface area contributed by atoms with Gasteiger partial charge in [0.25, 0.3) is 11.8 Å². The van der Waals surface area contributed by atoms with E-state index in [0.717, 1.165) is 72.8 Å². The molecule has 3 aliphatic carbocycles. The zero-order valence-corrected chi connectivity index (χ0v) is 18.3. The summed E-state index contributed by atoms with van der Waals surface area (Å²) >= 11 is 1.71. The maximum Gasteiger partial charge on any atom is 0.503 e. The van der Waals surface area contributed by atoms with Crippen LogP contribution in [-0.2, 0) is 17.6 Å². The van der Waals surface area contributed by atoms with E-state index >= 15 is 0 Å². The van der Waals surface area contributed by atoms with E-state index < -0.39 is 6.16 Å². The predicted octanol–water partition coefficient (Wildman–Crippen LogP) is 5.46. The summed E-state index contributed by atoms with van der Waals surface area (Å²) in [5, 5.41) is 22.2. The highest BCUT2D eigenvalue weighted by atomic mass is 32.1. The highest BCUT2D eigenvalue weighted by molar-refractivity contribution is 7.17. The van der Waals surface area contributed by atoms with Crippen LogP contribution >= 0.6 is 11.3 Å². The Bertz CT molecular complexity index is 1000. The summed E-state index contributed by atoms with van der Waals surface area (Å²) in [4.78, 5) is 27.3. The van der Waals surface area contributed by atoms with Crippen molar-refractivity contribution in [1.82, 2.24) is 10.1 Å². The molecule has 31 heavy (non-hydrogen) atoms. The summed E-state index contributed by atoms with van der Waals surface area (Å²) in [5.41, 5.74) is 3.20. The molecule has 1 atom stereocenters. The summed E-state index contributed by atoms with van der Waals surface area (Å²) in [7, 11) is 0. The SMILES string of the molecule is CC[C@H]1CCc2c(sc(NC(=O)C3=CCCC3)c2-c2nc(C3CC3)no2)C1.O=C(O)O. The molecule has 5 rings (SSSR count). The molecule has 166 valence electrons. The van der Waals surface area contributed by atoms with Crippen LogP contribution in [0.2, 0.25) is 0 Å². The number of amides is 1. The van der Waals surface area contributed by atoms with Gasteiger partial charge >= 0.3 is 6.16 Å². The number of rotatable bonds is 5. The smallest absolute Gasteiger partial charge is 0.450 e. The Labute approximate surface area is 184 Å². The van der Waals surface area contributed by atoms with Gasteiger partial charge in [-0.1, -0.05) is 24.6 Å². The van der Waals surface area contributed by atoms with Crippen LogP contribution in [-0.4, -0.2) is 32.4 Å². The van der Waals surface area contributed by atoms with E-state index in [4.69, 9.17) is 24.5 Å². The van der Waals surface area contributed by atoms with Gasteiger partial charge in [0, 0.05) is 16.4 Å². The summed E-state index contributed by atoms with van der Waals surface area (Å²) in [6.07, 6.45) is 9.98. The van der Waals surface area contributed by atoms with Crippen LogP contribution in [0.5, 0.6) is 0 Å². The minimum absolute atomic E-state index is 0.0290. The van der Waals surface area contributed by atoms with Crippen LogP contribution in [0.3, 0.4) is 0 Å². The molecule has 1 fully saturated rings. The van der Waals surface area contributed by atoms with Crippen molar-refractivity contribution < 1.29 is 24.3 Å². The van der Waals surface area contributed by atoms with E-state index in [-0.39, 0.29) is 5.91 Å². The van der Waals surface area contributed by atoms with Crippen LogP contribution in [0.25, 0.3) is 11.5 Å². The number of aromatic nitrogens is 2. The van der Waals surface area contributed by atoms with Gasteiger partial charge < -0.3 is 20.1 Å². The first kappa shape index (κ1) is 21.5. The zero-order valence-electron chi connectivity index (χ0n) is 17.5. The Morgan fingerprint density at radius 2 is 2.03 bits per heavy atom. The Morgan fingerprint density at radius 3 is 2.68 bits per heavy atom. The lowest BCUT2D eigenvalue weighted by atomic mass is 9.85. The molecule has 0 bridgehead atoms. The maximum absolute atomic E-state index is 12.7. The number of allylic oxidation sites excluding steroid dienone is 1. The lowest BCUT2D eigenvalue weighted by molar-refractivity contribution is -0.112. The summed E-state index contributed by atoms with van der Waals surface area (Å²) in [6, 6.07) is 0. The molecule has 0 radical (unpaired) electrons. The molecule has 1 amide bonds. The molecule has 0 unspecified atom stereocenters. The van der Waals surface area contributed by atoms with Crippen molar-refractivity contribution in [3.8, 4) is 11.5 Å². The van der Waals surface area contributed by atoms with E-state index in [0.29, 0.717) is 11.8 Å². The fraction of sp³-hybridized carbons (Fsp3) is 0.545. The first-order chi connectivity index (χ1) is 15.0. The van der Waals surface area contributed by atoms with Crippen molar-refractivity contribution in [2.75, 3.05) is 5.32 Å². The van der Waals surface area contributed by atoms with Crippen molar-refractivity contribution in [3.63, 3.8) is 0 Å². The van der Waals surface area contributed by atoms with Gasteiger partial charge in [0.2, 0.25) is 0 Å². The van der Waals surface area contributed by atoms with Crippen LogP contribution in [0.1, 0.15) is 74.1 Å². The lowest BCUT2D eigenvalue weighted by Crippen LogP contribution is -2.13. The number of carbonyl (C=O) groups excluding carboxylic acids is 1. The van der Waals surface area contributed by atoms with Crippen molar-refractivity contribution in [2.45, 2.75) is 70.6 Å². The van der Waals surface area contributed by atoms with Crippen molar-refractivity contribution >= 4 is 28.4 Å². The maximum atomic E-state index is 12.7. The number of nitrogens with zero attached hydrogens (tertiary/aromatic N) is 2. The molecule has 0 aliphatic heterocycles. The molecule has 2 heterocycles. The fourth-order valence-electron chi connectivity index (χ4n) is 4.22. The van der Waals surface area contributed by atoms with Gasteiger partial charge in [-0.2, -0.15) is 4.98 Å². The second kappa shape index (κ2) is 9.21. The number of carboxylic acid groups (broad SMARTS) is 2. The molecule has 9 heteroatoms. The quantitative estimate of drug-likeness (QED) is 0.558. The number of thiophene rings is 1. The normalized spacial score (nSPS) is 19.8. The second-order valence-corrected chi connectivity index (χ2v) is 9.42. The minimum atomic E-state index is -1.83. The van der Waals surface area contributed by atoms with Crippen LogP contribution in [0, 0.1) is 5.92 Å². The van der Waals surface area contributed by atoms with Crippen LogP contribution in [0.15, 0.2) is 16.2 Å². The number of fused-ring (bicyclic) bond motifs is 1. The first-order valence-electron chi connectivity index (χ1n) is 10.9. The molecular formula is C22H27N3O5S. The average Bonchev–Trinajstić information content (AvgIpc) is 3.14. The number of anilines is 1. The number of hydrogen-bond acceptors (Lipinski definition) is 6. The number of carbonyl (C=O) groups is 2. The Kier molecular flexibility index (Phi) is 6.41. The molecule has 0 saturated heterocycles. The third-order valence-electron chi connectivity index (χ3n) is 6.10. The predicted molar refractivity (Wildman–Crippen MR) is 117 cm³/mol. The molecule has 1 saturated carbocycles. The number of nitrogens with one attached hydrogen (secondary N) is 1. The molecule has 0 aromatic carbocycles. The largest absolute Gasteiger partial charge is 0.503 e. The monoisotopic (exact) mass is 445 g/mol. The second-order valence-electron chi connectivity index (χ2n) is 8.32. The van der Waals surface area contributed by atoms with Crippen molar-refractivity contribution in [2.24, 2.45) is 5.92 Å².